The van der Waals surface area contributed by atoms with Crippen molar-refractivity contribution in [2.45, 2.75) is 6.54 Å². The van der Waals surface area contributed by atoms with Gasteiger partial charge in [0.05, 0.1) is 6.54 Å². The maximum absolute atomic E-state index is 10.9. The van der Waals surface area contributed by atoms with Gasteiger partial charge in [0.2, 0.25) is 5.82 Å². The Labute approximate surface area is 57.1 Å². The number of rotatable bonds is 0. The smallest absolute Gasteiger partial charge is 0.308 e. The molecule has 0 spiro atoms. The zero-order chi connectivity index (χ0) is 6.97. The average molecular weight is 137 g/mol. The van der Waals surface area contributed by atoms with Gasteiger partial charge in [0.25, 0.3) is 0 Å². The monoisotopic (exact) mass is 137 g/mol. The molecule has 0 saturated heterocycles. The van der Waals surface area contributed by atoms with Gasteiger partial charge in [-0.3, -0.25) is 4.79 Å². The molecule has 5 heteroatoms. The van der Waals surface area contributed by atoms with Crippen LogP contribution in [0.15, 0.2) is 6.33 Å². The molecule has 51 valence electrons. The number of hydrogen-bond donors (Lipinski definition) is 0. The summed E-state index contributed by atoms with van der Waals surface area (Å²) in [5.41, 5.74) is 0. The fourth-order valence-electron chi connectivity index (χ4n) is 0.914. The number of fused-ring (bicyclic) bond motifs is 1. The largest absolute Gasteiger partial charge is 0.310 e. The first-order valence-corrected chi connectivity index (χ1v) is 2.97. The van der Waals surface area contributed by atoms with Crippen LogP contribution < -0.4 is 5.32 Å². The quantitative estimate of drug-likeness (QED) is 0.462. The number of carbonyl (C=O) groups excluding carboxylic acids is 1. The van der Waals surface area contributed by atoms with Gasteiger partial charge < -0.3 is 4.57 Å². The minimum Gasteiger partial charge on any atom is -0.308 e. The van der Waals surface area contributed by atoms with E-state index < -0.39 is 0 Å². The van der Waals surface area contributed by atoms with Crippen molar-refractivity contribution in [3.05, 3.63) is 12.2 Å². The lowest BCUT2D eigenvalue weighted by Crippen LogP contribution is -2.29. The van der Waals surface area contributed by atoms with Gasteiger partial charge in [-0.05, 0) is 0 Å². The standard InChI is InChI=1S/C5H5N4O/c10-5-4-8-7-3-9(4)2-1-6-5/h3H,1-2H2. The van der Waals surface area contributed by atoms with E-state index in [0.717, 1.165) is 0 Å². The van der Waals surface area contributed by atoms with Gasteiger partial charge in [-0.2, -0.15) is 0 Å². The fourth-order valence-corrected chi connectivity index (χ4v) is 0.914. The predicted octanol–water partition coefficient (Wildman–Crippen LogP) is -0.964. The molecule has 1 aliphatic heterocycles. The van der Waals surface area contributed by atoms with Crippen LogP contribution in [0.2, 0.25) is 0 Å². The summed E-state index contributed by atoms with van der Waals surface area (Å²) in [6, 6.07) is 0. The number of aromatic nitrogens is 3. The maximum Gasteiger partial charge on any atom is 0.310 e. The van der Waals surface area contributed by atoms with Crippen molar-refractivity contribution >= 4 is 5.91 Å². The molecule has 0 aromatic carbocycles. The zero-order valence-corrected chi connectivity index (χ0v) is 5.19. The van der Waals surface area contributed by atoms with E-state index >= 15 is 0 Å². The summed E-state index contributed by atoms with van der Waals surface area (Å²) in [5.74, 6) is 0.0926. The summed E-state index contributed by atoms with van der Waals surface area (Å²) in [4.78, 5) is 10.9. The molecule has 2 heterocycles. The second-order valence-corrected chi connectivity index (χ2v) is 2.03. The summed E-state index contributed by atoms with van der Waals surface area (Å²) in [7, 11) is 0. The lowest BCUT2D eigenvalue weighted by atomic mass is 10.4. The Morgan fingerprint density at radius 2 is 2.50 bits per heavy atom. The van der Waals surface area contributed by atoms with Gasteiger partial charge in [0.15, 0.2) is 0 Å². The summed E-state index contributed by atoms with van der Waals surface area (Å²) < 4.78 is 1.70. The van der Waals surface area contributed by atoms with Crippen molar-refractivity contribution in [1.82, 2.24) is 20.1 Å². The molecule has 5 nitrogen and oxygen atoms in total. The average Bonchev–Trinajstić information content (AvgIpc) is 2.36. The molecule has 0 aliphatic carbocycles. The predicted molar refractivity (Wildman–Crippen MR) is 31.4 cm³/mol. The molecule has 10 heavy (non-hydrogen) atoms. The molecule has 0 fully saturated rings. The molecule has 0 bridgehead atoms. The van der Waals surface area contributed by atoms with Crippen LogP contribution in [0.25, 0.3) is 0 Å². The topological polar surface area (TPSA) is 61.9 Å². The summed E-state index contributed by atoms with van der Waals surface area (Å²) >= 11 is 0. The van der Waals surface area contributed by atoms with Crippen molar-refractivity contribution in [3.63, 3.8) is 0 Å². The highest BCUT2D eigenvalue weighted by Crippen LogP contribution is 1.99. The molecule has 0 atom stereocenters. The van der Waals surface area contributed by atoms with Crippen LogP contribution in [0.3, 0.4) is 0 Å². The van der Waals surface area contributed by atoms with Crippen LogP contribution in [0.4, 0.5) is 0 Å². The number of amides is 1. The van der Waals surface area contributed by atoms with E-state index in [1.54, 1.807) is 10.9 Å². The van der Waals surface area contributed by atoms with Crippen molar-refractivity contribution in [2.24, 2.45) is 0 Å². The molecule has 0 unspecified atom stereocenters. The Bertz CT molecular complexity index is 266. The first-order valence-electron chi connectivity index (χ1n) is 2.97. The van der Waals surface area contributed by atoms with E-state index in [1.807, 2.05) is 0 Å². The van der Waals surface area contributed by atoms with Crippen molar-refractivity contribution < 1.29 is 4.79 Å². The Morgan fingerprint density at radius 1 is 1.60 bits per heavy atom. The van der Waals surface area contributed by atoms with Gasteiger partial charge >= 0.3 is 5.91 Å². The second kappa shape index (κ2) is 1.80. The third-order valence-electron chi connectivity index (χ3n) is 1.40. The van der Waals surface area contributed by atoms with Crippen LogP contribution in [0, 0.1) is 0 Å². The molecule has 1 amide bonds. The van der Waals surface area contributed by atoms with Crippen LogP contribution in [0.5, 0.6) is 0 Å². The third kappa shape index (κ3) is 0.601. The molecule has 2 rings (SSSR count). The lowest BCUT2D eigenvalue weighted by Gasteiger charge is -2.09. The highest BCUT2D eigenvalue weighted by Gasteiger charge is 2.18. The normalized spacial score (nSPS) is 16.2. The Hall–Kier alpha value is -1.39. The SMILES string of the molecule is O=C1[N]CCn2cnnc21. The number of nitrogens with zero attached hydrogens (tertiary/aromatic N) is 4. The van der Waals surface area contributed by atoms with Crippen LogP contribution in [0.1, 0.15) is 10.6 Å². The molecule has 1 radical (unpaired) electrons. The van der Waals surface area contributed by atoms with Gasteiger partial charge in [-0.25, -0.2) is 5.32 Å². The van der Waals surface area contributed by atoms with Crippen molar-refractivity contribution in [3.8, 4) is 0 Å². The molecule has 0 N–H and O–H groups in total. The van der Waals surface area contributed by atoms with Gasteiger partial charge in [0.1, 0.15) is 6.33 Å². The van der Waals surface area contributed by atoms with E-state index in [9.17, 15) is 4.79 Å². The Kier molecular flexibility index (Phi) is 0.969. The van der Waals surface area contributed by atoms with Gasteiger partial charge in [0, 0.05) is 6.54 Å². The van der Waals surface area contributed by atoms with E-state index in [-0.39, 0.29) is 5.91 Å². The minimum atomic E-state index is -0.260. The zero-order valence-electron chi connectivity index (χ0n) is 5.19. The Morgan fingerprint density at radius 3 is 3.30 bits per heavy atom. The van der Waals surface area contributed by atoms with Crippen LogP contribution in [-0.4, -0.2) is 27.2 Å². The van der Waals surface area contributed by atoms with E-state index in [2.05, 4.69) is 15.5 Å². The first kappa shape index (κ1) is 5.40. The fraction of sp³-hybridized carbons (Fsp3) is 0.400. The van der Waals surface area contributed by atoms with Crippen LogP contribution in [-0.2, 0) is 6.54 Å². The van der Waals surface area contributed by atoms with E-state index in [4.69, 9.17) is 0 Å². The molecule has 1 aliphatic rings. The first-order chi connectivity index (χ1) is 4.88. The summed E-state index contributed by atoms with van der Waals surface area (Å²) in [6.07, 6.45) is 1.54. The second-order valence-electron chi connectivity index (χ2n) is 2.03. The summed E-state index contributed by atoms with van der Waals surface area (Å²) in [6.45, 7) is 1.26. The Balaban J connectivity index is 2.50. The van der Waals surface area contributed by atoms with Crippen molar-refractivity contribution in [2.75, 3.05) is 6.54 Å². The highest BCUT2D eigenvalue weighted by molar-refractivity contribution is 5.90. The molecular weight excluding hydrogens is 132 g/mol. The number of hydrogen-bond acceptors (Lipinski definition) is 3. The van der Waals surface area contributed by atoms with Gasteiger partial charge in [-0.1, -0.05) is 0 Å². The van der Waals surface area contributed by atoms with Crippen LogP contribution >= 0.6 is 0 Å². The van der Waals surface area contributed by atoms with Gasteiger partial charge in [-0.15, -0.1) is 10.2 Å². The molecular formula is C5H5N4O. The molecule has 1 aromatic rings. The minimum absolute atomic E-state index is 0.260. The lowest BCUT2D eigenvalue weighted by molar-refractivity contribution is 0.0916. The number of carbonyl (C=O) groups is 1. The molecule has 1 aromatic heterocycles. The highest BCUT2D eigenvalue weighted by atomic mass is 16.2. The third-order valence-corrected chi connectivity index (χ3v) is 1.40. The van der Waals surface area contributed by atoms with Crippen molar-refractivity contribution in [1.29, 1.82) is 0 Å². The molecule has 0 saturated carbocycles. The maximum atomic E-state index is 10.9. The van der Waals surface area contributed by atoms with E-state index in [1.165, 1.54) is 0 Å². The summed E-state index contributed by atoms with van der Waals surface area (Å²) in [5, 5.41) is 10.9. The van der Waals surface area contributed by atoms with E-state index in [0.29, 0.717) is 18.9 Å².